The maximum absolute atomic E-state index is 12.6. The van der Waals surface area contributed by atoms with Gasteiger partial charge in [-0.25, -0.2) is 18.2 Å². The van der Waals surface area contributed by atoms with Crippen molar-refractivity contribution in [3.05, 3.63) is 60.6 Å². The van der Waals surface area contributed by atoms with Gasteiger partial charge in [-0.3, -0.25) is 4.72 Å². The molecule has 0 radical (unpaired) electrons. The second-order valence-electron chi connectivity index (χ2n) is 5.22. The summed E-state index contributed by atoms with van der Waals surface area (Å²) in [7, 11) is -2.86. The number of hydrogen-bond donors (Lipinski definition) is 2. The Balaban J connectivity index is 1.93. The van der Waals surface area contributed by atoms with Crippen LogP contribution in [0.2, 0.25) is 0 Å². The van der Waals surface area contributed by atoms with E-state index in [0.29, 0.717) is 17.0 Å². The van der Waals surface area contributed by atoms with E-state index in [0.717, 1.165) is 19.2 Å². The molecule has 0 atom stereocenters. The van der Waals surface area contributed by atoms with Crippen molar-refractivity contribution in [1.29, 1.82) is 0 Å². The lowest BCUT2D eigenvalue weighted by Crippen LogP contribution is -2.14. The fraction of sp³-hybridized carbons (Fsp3) is 0.0588. The molecule has 26 heavy (non-hydrogen) atoms. The molecule has 0 amide bonds. The number of nitrogens with one attached hydrogen (secondary N) is 1. The van der Waals surface area contributed by atoms with Crippen LogP contribution in [0.1, 0.15) is 10.4 Å². The summed E-state index contributed by atoms with van der Waals surface area (Å²) in [6.45, 7) is 0. The number of aromatic hydroxyl groups is 1. The predicted octanol–water partition coefficient (Wildman–Crippen LogP) is 2.63. The third-order valence-corrected chi connectivity index (χ3v) is 4.89. The van der Waals surface area contributed by atoms with Gasteiger partial charge in [0.1, 0.15) is 11.3 Å². The molecule has 0 saturated carbocycles. The molecule has 8 nitrogen and oxygen atoms in total. The maximum atomic E-state index is 12.6. The van der Waals surface area contributed by atoms with Gasteiger partial charge in [0.2, 0.25) is 0 Å². The highest BCUT2D eigenvalue weighted by Gasteiger charge is 2.20. The number of rotatable bonds is 5. The minimum absolute atomic E-state index is 0.194. The van der Waals surface area contributed by atoms with Crippen LogP contribution in [-0.4, -0.2) is 31.6 Å². The number of phenols is 1. The van der Waals surface area contributed by atoms with Gasteiger partial charge >= 0.3 is 5.97 Å². The summed E-state index contributed by atoms with van der Waals surface area (Å²) in [6.07, 6.45) is 2.78. The monoisotopic (exact) mass is 374 g/mol. The van der Waals surface area contributed by atoms with E-state index in [-0.39, 0.29) is 16.2 Å². The van der Waals surface area contributed by atoms with Gasteiger partial charge in [-0.05, 0) is 30.3 Å². The van der Waals surface area contributed by atoms with Crippen LogP contribution in [0.15, 0.2) is 64.4 Å². The van der Waals surface area contributed by atoms with Crippen LogP contribution < -0.4 is 4.72 Å². The van der Waals surface area contributed by atoms with E-state index in [4.69, 9.17) is 4.42 Å². The fourth-order valence-electron chi connectivity index (χ4n) is 2.26. The maximum Gasteiger partial charge on any atom is 0.341 e. The van der Waals surface area contributed by atoms with Crippen molar-refractivity contribution in [1.82, 2.24) is 4.98 Å². The highest BCUT2D eigenvalue weighted by atomic mass is 32.2. The van der Waals surface area contributed by atoms with E-state index in [1.54, 1.807) is 24.3 Å². The molecular formula is C17H14N2O6S. The van der Waals surface area contributed by atoms with Crippen molar-refractivity contribution in [3.8, 4) is 17.1 Å². The number of oxazole rings is 1. The van der Waals surface area contributed by atoms with Crippen LogP contribution in [0.25, 0.3) is 11.3 Å². The Hall–Kier alpha value is -3.33. The van der Waals surface area contributed by atoms with E-state index in [9.17, 15) is 18.3 Å². The molecule has 0 spiro atoms. The number of benzene rings is 2. The standard InChI is InChI=1S/C17H14N2O6S/c1-24-17(21)14-8-13(5-6-15(14)20)26(22,23)19-12-4-2-3-11(7-12)16-9-18-10-25-16/h2-10,19-20H,1H3. The summed E-state index contributed by atoms with van der Waals surface area (Å²) in [5.74, 6) is -0.723. The molecule has 2 aromatic carbocycles. The third kappa shape index (κ3) is 3.52. The number of methoxy groups -OCH3 is 1. The first kappa shape index (κ1) is 17.5. The molecule has 0 bridgehead atoms. The smallest absolute Gasteiger partial charge is 0.341 e. The number of phenolic OH excluding ortho intramolecular Hbond substituents is 1. The molecule has 0 aliphatic rings. The van der Waals surface area contributed by atoms with E-state index in [1.807, 2.05) is 0 Å². The molecule has 134 valence electrons. The SMILES string of the molecule is COC(=O)c1cc(S(=O)(=O)Nc2cccc(-c3cnco3)c2)ccc1O. The van der Waals surface area contributed by atoms with Gasteiger partial charge in [0.05, 0.1) is 18.2 Å². The quantitative estimate of drug-likeness (QED) is 0.659. The summed E-state index contributed by atoms with van der Waals surface area (Å²) in [4.78, 5) is 15.3. The van der Waals surface area contributed by atoms with E-state index >= 15 is 0 Å². The van der Waals surface area contributed by atoms with Gasteiger partial charge in [0, 0.05) is 11.3 Å². The molecule has 9 heteroatoms. The Labute approximate surface area is 149 Å². The number of esters is 1. The number of carbonyl (C=O) groups is 1. The topological polar surface area (TPSA) is 119 Å². The first-order chi connectivity index (χ1) is 12.4. The number of hydrogen-bond acceptors (Lipinski definition) is 7. The molecule has 0 aliphatic carbocycles. The number of carbonyl (C=O) groups excluding carboxylic acids is 1. The van der Waals surface area contributed by atoms with Crippen LogP contribution in [0.5, 0.6) is 5.75 Å². The third-order valence-electron chi connectivity index (χ3n) is 3.52. The first-order valence-corrected chi connectivity index (χ1v) is 8.82. The van der Waals surface area contributed by atoms with Gasteiger partial charge in [-0.15, -0.1) is 0 Å². The summed E-state index contributed by atoms with van der Waals surface area (Å²) < 4.78 is 37.3. The minimum atomic E-state index is -4.00. The Bertz CT molecular complexity index is 1040. The van der Waals surface area contributed by atoms with E-state index < -0.39 is 16.0 Å². The van der Waals surface area contributed by atoms with Crippen molar-refractivity contribution in [2.75, 3.05) is 11.8 Å². The zero-order chi connectivity index (χ0) is 18.7. The number of anilines is 1. The highest BCUT2D eigenvalue weighted by molar-refractivity contribution is 7.92. The lowest BCUT2D eigenvalue weighted by atomic mass is 10.2. The van der Waals surface area contributed by atoms with Gasteiger partial charge in [0.15, 0.2) is 12.2 Å². The molecule has 3 aromatic rings. The van der Waals surface area contributed by atoms with Crippen molar-refractivity contribution < 1.29 is 27.5 Å². The highest BCUT2D eigenvalue weighted by Crippen LogP contribution is 2.26. The lowest BCUT2D eigenvalue weighted by molar-refractivity contribution is 0.0597. The van der Waals surface area contributed by atoms with Gasteiger partial charge in [-0.1, -0.05) is 12.1 Å². The van der Waals surface area contributed by atoms with Gasteiger partial charge in [0.25, 0.3) is 10.0 Å². The Morgan fingerprint density at radius 2 is 2.04 bits per heavy atom. The molecule has 0 aliphatic heterocycles. The number of sulfonamides is 1. The number of aromatic nitrogens is 1. The molecule has 2 N–H and O–H groups in total. The molecule has 0 saturated heterocycles. The summed E-state index contributed by atoms with van der Waals surface area (Å²) in [6, 6.07) is 9.90. The summed E-state index contributed by atoms with van der Waals surface area (Å²) in [5, 5.41) is 9.70. The second-order valence-corrected chi connectivity index (χ2v) is 6.90. The molecular weight excluding hydrogens is 360 g/mol. The molecule has 0 unspecified atom stereocenters. The Morgan fingerprint density at radius 1 is 1.23 bits per heavy atom. The molecule has 1 heterocycles. The zero-order valence-electron chi connectivity index (χ0n) is 13.5. The Morgan fingerprint density at radius 3 is 2.73 bits per heavy atom. The lowest BCUT2D eigenvalue weighted by Gasteiger charge is -2.10. The normalized spacial score (nSPS) is 11.1. The van der Waals surface area contributed by atoms with Crippen LogP contribution in [-0.2, 0) is 14.8 Å². The van der Waals surface area contributed by atoms with Gasteiger partial charge in [-0.2, -0.15) is 0 Å². The molecule has 0 fully saturated rings. The van der Waals surface area contributed by atoms with Crippen LogP contribution >= 0.6 is 0 Å². The average Bonchev–Trinajstić information content (AvgIpc) is 3.16. The first-order valence-electron chi connectivity index (χ1n) is 7.34. The van der Waals surface area contributed by atoms with Gasteiger partial charge < -0.3 is 14.3 Å². The Kier molecular flexibility index (Phi) is 4.63. The number of nitrogens with zero attached hydrogens (tertiary/aromatic N) is 1. The predicted molar refractivity (Wildman–Crippen MR) is 92.2 cm³/mol. The average molecular weight is 374 g/mol. The van der Waals surface area contributed by atoms with Crippen LogP contribution in [0.3, 0.4) is 0 Å². The van der Waals surface area contributed by atoms with Crippen molar-refractivity contribution >= 4 is 21.7 Å². The fourth-order valence-corrected chi connectivity index (χ4v) is 3.34. The zero-order valence-corrected chi connectivity index (χ0v) is 14.4. The van der Waals surface area contributed by atoms with E-state index in [2.05, 4.69) is 14.4 Å². The van der Waals surface area contributed by atoms with Crippen LogP contribution in [0, 0.1) is 0 Å². The van der Waals surface area contributed by atoms with E-state index in [1.165, 1.54) is 18.7 Å². The van der Waals surface area contributed by atoms with Crippen molar-refractivity contribution in [3.63, 3.8) is 0 Å². The van der Waals surface area contributed by atoms with Crippen molar-refractivity contribution in [2.45, 2.75) is 4.90 Å². The molecule has 1 aromatic heterocycles. The molecule has 3 rings (SSSR count). The minimum Gasteiger partial charge on any atom is -0.507 e. The summed E-state index contributed by atoms with van der Waals surface area (Å²) in [5.41, 5.74) is 0.695. The summed E-state index contributed by atoms with van der Waals surface area (Å²) >= 11 is 0. The second kappa shape index (κ2) is 6.89. The largest absolute Gasteiger partial charge is 0.507 e. The number of ether oxygens (including phenoxy) is 1. The van der Waals surface area contributed by atoms with Crippen LogP contribution in [0.4, 0.5) is 5.69 Å². The van der Waals surface area contributed by atoms with Crippen molar-refractivity contribution in [2.24, 2.45) is 0 Å².